The highest BCUT2D eigenvalue weighted by Gasteiger charge is 2.66. The van der Waals surface area contributed by atoms with E-state index in [4.69, 9.17) is 4.74 Å². The first-order valence-electron chi connectivity index (χ1n) is 7.71. The van der Waals surface area contributed by atoms with E-state index < -0.39 is 23.3 Å². The standard InChI is InChI=1S/C17H20N2O4/c1-10(2)17(16(22)23-3)13-12(9-18-17)14(20)19(15(13)21)11-7-5-4-6-8-11/h4-8,10,12-13,18H,9H2,1-3H3/t12-,13+,17+/m0/s1. The molecule has 3 atom stereocenters. The van der Waals surface area contributed by atoms with Gasteiger partial charge in [0.25, 0.3) is 0 Å². The normalized spacial score (nSPS) is 30.0. The molecule has 2 amide bonds. The van der Waals surface area contributed by atoms with Gasteiger partial charge in [-0.2, -0.15) is 0 Å². The lowest BCUT2D eigenvalue weighted by atomic mass is 9.74. The van der Waals surface area contributed by atoms with E-state index in [0.717, 1.165) is 0 Å². The van der Waals surface area contributed by atoms with E-state index in [-0.39, 0.29) is 17.7 Å². The number of ether oxygens (including phenoxy) is 1. The Morgan fingerprint density at radius 1 is 1.26 bits per heavy atom. The van der Waals surface area contributed by atoms with E-state index in [0.29, 0.717) is 12.2 Å². The maximum Gasteiger partial charge on any atom is 0.327 e. The summed E-state index contributed by atoms with van der Waals surface area (Å²) in [6.07, 6.45) is 0. The van der Waals surface area contributed by atoms with Crippen LogP contribution in [0.15, 0.2) is 30.3 Å². The number of nitrogens with zero attached hydrogens (tertiary/aromatic N) is 1. The molecule has 2 aliphatic rings. The van der Waals surface area contributed by atoms with Crippen LogP contribution in [-0.4, -0.2) is 37.0 Å². The molecule has 23 heavy (non-hydrogen) atoms. The van der Waals surface area contributed by atoms with Crippen LogP contribution in [0.25, 0.3) is 0 Å². The molecule has 2 saturated heterocycles. The number of carbonyl (C=O) groups excluding carboxylic acids is 3. The van der Waals surface area contributed by atoms with Crippen molar-refractivity contribution in [2.75, 3.05) is 18.6 Å². The van der Waals surface area contributed by atoms with Crippen LogP contribution in [-0.2, 0) is 19.1 Å². The van der Waals surface area contributed by atoms with Crippen molar-refractivity contribution in [3.8, 4) is 0 Å². The Morgan fingerprint density at radius 2 is 1.91 bits per heavy atom. The molecule has 6 nitrogen and oxygen atoms in total. The summed E-state index contributed by atoms with van der Waals surface area (Å²) in [4.78, 5) is 39.4. The van der Waals surface area contributed by atoms with Gasteiger partial charge in [0, 0.05) is 6.54 Å². The summed E-state index contributed by atoms with van der Waals surface area (Å²) >= 11 is 0. The average molecular weight is 316 g/mol. The van der Waals surface area contributed by atoms with Crippen LogP contribution in [0.1, 0.15) is 13.8 Å². The summed E-state index contributed by atoms with van der Waals surface area (Å²) in [5.41, 5.74) is -0.616. The van der Waals surface area contributed by atoms with Crippen LogP contribution in [0.4, 0.5) is 5.69 Å². The number of esters is 1. The van der Waals surface area contributed by atoms with E-state index in [2.05, 4.69) is 5.32 Å². The highest BCUT2D eigenvalue weighted by Crippen LogP contribution is 2.45. The molecule has 2 fully saturated rings. The van der Waals surface area contributed by atoms with Gasteiger partial charge < -0.3 is 10.1 Å². The molecule has 122 valence electrons. The lowest BCUT2D eigenvalue weighted by Gasteiger charge is -2.35. The molecular weight excluding hydrogens is 296 g/mol. The molecule has 0 aliphatic carbocycles. The molecule has 0 spiro atoms. The first kappa shape index (κ1) is 15.7. The maximum atomic E-state index is 13.0. The van der Waals surface area contributed by atoms with Crippen molar-refractivity contribution in [2.45, 2.75) is 19.4 Å². The molecule has 0 radical (unpaired) electrons. The number of amides is 2. The number of rotatable bonds is 3. The fourth-order valence-electron chi connectivity index (χ4n) is 3.83. The number of imide groups is 1. The average Bonchev–Trinajstić information content (AvgIpc) is 3.06. The number of benzene rings is 1. The summed E-state index contributed by atoms with van der Waals surface area (Å²) < 4.78 is 4.95. The molecule has 1 N–H and O–H groups in total. The SMILES string of the molecule is COC(=O)[C@]1(C(C)C)NC[C@@H]2C(=O)N(c3ccccc3)C(=O)[C@@H]21. The predicted molar refractivity (Wildman–Crippen MR) is 83.5 cm³/mol. The van der Waals surface area contributed by atoms with Crippen molar-refractivity contribution < 1.29 is 19.1 Å². The van der Waals surface area contributed by atoms with Gasteiger partial charge in [0.05, 0.1) is 24.6 Å². The summed E-state index contributed by atoms with van der Waals surface area (Å²) in [6, 6.07) is 8.82. The van der Waals surface area contributed by atoms with Crippen LogP contribution >= 0.6 is 0 Å². The van der Waals surface area contributed by atoms with E-state index in [1.807, 2.05) is 19.9 Å². The Morgan fingerprint density at radius 3 is 2.48 bits per heavy atom. The monoisotopic (exact) mass is 316 g/mol. The van der Waals surface area contributed by atoms with Crippen molar-refractivity contribution in [1.82, 2.24) is 5.32 Å². The zero-order valence-corrected chi connectivity index (χ0v) is 13.4. The third kappa shape index (κ3) is 2.01. The van der Waals surface area contributed by atoms with Gasteiger partial charge in [0.2, 0.25) is 11.8 Å². The quantitative estimate of drug-likeness (QED) is 0.664. The molecule has 1 aromatic carbocycles. The third-order valence-electron chi connectivity index (χ3n) is 4.98. The van der Waals surface area contributed by atoms with E-state index in [9.17, 15) is 14.4 Å². The van der Waals surface area contributed by atoms with Gasteiger partial charge in [0.1, 0.15) is 5.54 Å². The van der Waals surface area contributed by atoms with Gasteiger partial charge in [-0.15, -0.1) is 0 Å². The first-order chi connectivity index (χ1) is 10.9. The van der Waals surface area contributed by atoms with Gasteiger partial charge in [-0.3, -0.25) is 14.4 Å². The zero-order valence-electron chi connectivity index (χ0n) is 13.4. The topological polar surface area (TPSA) is 75.7 Å². The van der Waals surface area contributed by atoms with Crippen LogP contribution < -0.4 is 10.2 Å². The molecular formula is C17H20N2O4. The second-order valence-corrected chi connectivity index (χ2v) is 6.33. The van der Waals surface area contributed by atoms with Crippen LogP contribution in [0.3, 0.4) is 0 Å². The summed E-state index contributed by atoms with van der Waals surface area (Å²) in [5, 5.41) is 3.11. The van der Waals surface area contributed by atoms with E-state index >= 15 is 0 Å². The number of hydrogen-bond donors (Lipinski definition) is 1. The molecule has 1 aromatic rings. The number of carbonyl (C=O) groups is 3. The largest absolute Gasteiger partial charge is 0.468 e. The van der Waals surface area contributed by atoms with Gasteiger partial charge in [-0.1, -0.05) is 32.0 Å². The number of anilines is 1. The number of hydrogen-bond acceptors (Lipinski definition) is 5. The summed E-state index contributed by atoms with van der Waals surface area (Å²) in [7, 11) is 1.30. The summed E-state index contributed by atoms with van der Waals surface area (Å²) in [6.45, 7) is 4.01. The zero-order chi connectivity index (χ0) is 16.8. The Hall–Kier alpha value is -2.21. The number of fused-ring (bicyclic) bond motifs is 1. The number of nitrogens with one attached hydrogen (secondary N) is 1. The molecule has 2 heterocycles. The van der Waals surface area contributed by atoms with Crippen molar-refractivity contribution in [3.63, 3.8) is 0 Å². The molecule has 0 saturated carbocycles. The lowest BCUT2D eigenvalue weighted by molar-refractivity contribution is -0.154. The Labute approximate surface area is 134 Å². The van der Waals surface area contributed by atoms with Crippen LogP contribution in [0.2, 0.25) is 0 Å². The minimum Gasteiger partial charge on any atom is -0.468 e. The van der Waals surface area contributed by atoms with Crippen molar-refractivity contribution in [3.05, 3.63) is 30.3 Å². The second-order valence-electron chi connectivity index (χ2n) is 6.33. The fourth-order valence-corrected chi connectivity index (χ4v) is 3.83. The van der Waals surface area contributed by atoms with E-state index in [1.54, 1.807) is 24.3 Å². The number of para-hydroxylation sites is 1. The smallest absolute Gasteiger partial charge is 0.327 e. The Balaban J connectivity index is 2.06. The minimum atomic E-state index is -1.16. The van der Waals surface area contributed by atoms with Crippen LogP contribution in [0.5, 0.6) is 0 Å². The van der Waals surface area contributed by atoms with Gasteiger partial charge in [0.15, 0.2) is 0 Å². The third-order valence-corrected chi connectivity index (χ3v) is 4.98. The predicted octanol–water partition coefficient (Wildman–Crippen LogP) is 0.963. The minimum absolute atomic E-state index is 0.183. The lowest BCUT2D eigenvalue weighted by Crippen LogP contribution is -2.59. The highest BCUT2D eigenvalue weighted by molar-refractivity contribution is 6.24. The van der Waals surface area contributed by atoms with Crippen molar-refractivity contribution in [2.24, 2.45) is 17.8 Å². The van der Waals surface area contributed by atoms with Gasteiger partial charge in [-0.05, 0) is 18.1 Å². The fraction of sp³-hybridized carbons (Fsp3) is 0.471. The van der Waals surface area contributed by atoms with Gasteiger partial charge >= 0.3 is 5.97 Å². The molecule has 2 aliphatic heterocycles. The number of methoxy groups -OCH3 is 1. The van der Waals surface area contributed by atoms with Crippen molar-refractivity contribution >= 4 is 23.5 Å². The Bertz CT molecular complexity index is 658. The second kappa shape index (κ2) is 5.45. The molecule has 6 heteroatoms. The highest BCUT2D eigenvalue weighted by atomic mass is 16.5. The Kier molecular flexibility index (Phi) is 3.72. The molecule has 0 bridgehead atoms. The van der Waals surface area contributed by atoms with Crippen molar-refractivity contribution in [1.29, 1.82) is 0 Å². The molecule has 0 aromatic heterocycles. The van der Waals surface area contributed by atoms with Crippen LogP contribution in [0, 0.1) is 17.8 Å². The van der Waals surface area contributed by atoms with Gasteiger partial charge in [-0.25, -0.2) is 4.90 Å². The molecule has 3 rings (SSSR count). The maximum absolute atomic E-state index is 13.0. The summed E-state index contributed by atoms with van der Waals surface area (Å²) in [5.74, 6) is -2.54. The van der Waals surface area contributed by atoms with E-state index in [1.165, 1.54) is 12.0 Å². The first-order valence-corrected chi connectivity index (χ1v) is 7.71. The molecule has 0 unspecified atom stereocenters.